The van der Waals surface area contributed by atoms with Crippen LogP contribution in [0.1, 0.15) is 63.6 Å². The number of unbranched alkanes of at least 4 members (excludes halogenated alkanes) is 1. The number of nitrogens with zero attached hydrogens (tertiary/aromatic N) is 2. The Bertz CT molecular complexity index is 391. The Labute approximate surface area is 127 Å². The Kier molecular flexibility index (Phi) is 5.87. The average molecular weight is 299 g/mol. The summed E-state index contributed by atoms with van der Waals surface area (Å²) in [6, 6.07) is 0.113. The monoisotopic (exact) mass is 298 g/mol. The zero-order chi connectivity index (χ0) is 14.5. The highest BCUT2D eigenvalue weighted by Gasteiger charge is 2.30. The third-order valence-electron chi connectivity index (χ3n) is 4.74. The summed E-state index contributed by atoms with van der Waals surface area (Å²) >= 11 is 6.26. The van der Waals surface area contributed by atoms with Gasteiger partial charge in [-0.25, -0.2) is 0 Å². The van der Waals surface area contributed by atoms with Crippen molar-refractivity contribution < 1.29 is 0 Å². The molecule has 1 saturated carbocycles. The number of nitrogens with two attached hydrogens (primary N) is 1. The number of rotatable bonds is 6. The van der Waals surface area contributed by atoms with Gasteiger partial charge in [0.1, 0.15) is 0 Å². The molecule has 20 heavy (non-hydrogen) atoms. The fourth-order valence-electron chi connectivity index (χ4n) is 3.51. The second-order valence-corrected chi connectivity index (χ2v) is 6.48. The topological polar surface area (TPSA) is 55.9 Å². The molecule has 1 aliphatic rings. The zero-order valence-corrected chi connectivity index (χ0v) is 13.4. The van der Waals surface area contributed by atoms with Crippen LogP contribution in [0, 0.1) is 11.8 Å². The van der Waals surface area contributed by atoms with Crippen molar-refractivity contribution in [2.24, 2.45) is 24.7 Å². The Morgan fingerprint density at radius 1 is 1.45 bits per heavy atom. The van der Waals surface area contributed by atoms with Gasteiger partial charge in [0, 0.05) is 7.05 Å². The lowest BCUT2D eigenvalue weighted by Crippen LogP contribution is -2.36. The maximum atomic E-state index is 6.26. The van der Waals surface area contributed by atoms with Crippen LogP contribution in [0.4, 0.5) is 0 Å². The molecule has 0 radical (unpaired) electrons. The summed E-state index contributed by atoms with van der Waals surface area (Å²) in [6.45, 7) is 2.27. The van der Waals surface area contributed by atoms with Crippen molar-refractivity contribution in [2.45, 2.75) is 57.9 Å². The normalized spacial score (nSPS) is 24.8. The molecule has 1 fully saturated rings. The van der Waals surface area contributed by atoms with Gasteiger partial charge in [0.15, 0.2) is 0 Å². The van der Waals surface area contributed by atoms with E-state index in [1.807, 2.05) is 11.7 Å². The zero-order valence-electron chi connectivity index (χ0n) is 12.6. The minimum Gasteiger partial charge on any atom is -0.271 e. The molecule has 1 aromatic rings. The number of hydrogen-bond acceptors (Lipinski definition) is 3. The van der Waals surface area contributed by atoms with Crippen molar-refractivity contribution in [1.82, 2.24) is 15.2 Å². The Hall–Kier alpha value is -0.580. The van der Waals surface area contributed by atoms with Gasteiger partial charge in [0.05, 0.1) is 23.0 Å². The van der Waals surface area contributed by atoms with E-state index in [0.717, 1.165) is 11.6 Å². The van der Waals surface area contributed by atoms with Crippen molar-refractivity contribution in [3.63, 3.8) is 0 Å². The summed E-state index contributed by atoms with van der Waals surface area (Å²) in [5.41, 5.74) is 3.99. The minimum atomic E-state index is 0.113. The fraction of sp³-hybridized carbons (Fsp3) is 0.800. The molecule has 1 aliphatic carbocycles. The lowest BCUT2D eigenvalue weighted by molar-refractivity contribution is 0.209. The van der Waals surface area contributed by atoms with E-state index in [2.05, 4.69) is 17.4 Å². The highest BCUT2D eigenvalue weighted by atomic mass is 35.5. The minimum absolute atomic E-state index is 0.113. The molecule has 4 nitrogen and oxygen atoms in total. The first-order valence-corrected chi connectivity index (χ1v) is 8.18. The first-order valence-electron chi connectivity index (χ1n) is 7.80. The van der Waals surface area contributed by atoms with E-state index < -0.39 is 0 Å². The molecule has 0 saturated heterocycles. The summed E-state index contributed by atoms with van der Waals surface area (Å²) in [4.78, 5) is 0. The molecule has 3 N–H and O–H groups in total. The lowest BCUT2D eigenvalue weighted by Gasteiger charge is -2.33. The van der Waals surface area contributed by atoms with E-state index in [1.165, 1.54) is 44.9 Å². The summed E-state index contributed by atoms with van der Waals surface area (Å²) in [6.07, 6.45) is 10.8. The Morgan fingerprint density at radius 2 is 2.15 bits per heavy atom. The maximum Gasteiger partial charge on any atom is 0.0834 e. The molecule has 1 aromatic heterocycles. The van der Waals surface area contributed by atoms with Gasteiger partial charge in [-0.3, -0.25) is 16.0 Å². The van der Waals surface area contributed by atoms with E-state index in [4.69, 9.17) is 17.4 Å². The molecule has 5 heteroatoms. The molecule has 0 aliphatic heterocycles. The van der Waals surface area contributed by atoms with Crippen molar-refractivity contribution in [2.75, 3.05) is 0 Å². The molecule has 1 heterocycles. The highest BCUT2D eigenvalue weighted by molar-refractivity contribution is 6.31. The van der Waals surface area contributed by atoms with Gasteiger partial charge >= 0.3 is 0 Å². The SMILES string of the molecule is CCCCC1CCC(C(NN)c2c(Cl)cnn2C)CC1. The number of hydrazine groups is 1. The number of nitrogens with one attached hydrogen (secondary N) is 1. The second kappa shape index (κ2) is 7.43. The van der Waals surface area contributed by atoms with Crippen LogP contribution in [0.2, 0.25) is 5.02 Å². The smallest absolute Gasteiger partial charge is 0.0834 e. The van der Waals surface area contributed by atoms with Crippen LogP contribution < -0.4 is 11.3 Å². The molecule has 0 amide bonds. The van der Waals surface area contributed by atoms with Crippen LogP contribution in [0.5, 0.6) is 0 Å². The molecular weight excluding hydrogens is 272 g/mol. The van der Waals surface area contributed by atoms with Crippen LogP contribution in [0.15, 0.2) is 6.20 Å². The van der Waals surface area contributed by atoms with E-state index in [1.54, 1.807) is 6.20 Å². The van der Waals surface area contributed by atoms with E-state index in [0.29, 0.717) is 10.9 Å². The standard InChI is InChI=1S/C15H27ClN4/c1-3-4-5-11-6-8-12(9-7-11)14(19-17)15-13(16)10-18-20(15)2/h10-12,14,19H,3-9,17H2,1-2H3. The van der Waals surface area contributed by atoms with Crippen LogP contribution in [0.25, 0.3) is 0 Å². The largest absolute Gasteiger partial charge is 0.271 e. The van der Waals surface area contributed by atoms with Gasteiger partial charge in [-0.1, -0.05) is 50.6 Å². The van der Waals surface area contributed by atoms with Crippen molar-refractivity contribution in [3.8, 4) is 0 Å². The number of aryl methyl sites for hydroxylation is 1. The summed E-state index contributed by atoms with van der Waals surface area (Å²) in [7, 11) is 1.93. The molecule has 0 aromatic carbocycles. The maximum absolute atomic E-state index is 6.26. The molecule has 1 atom stereocenters. The highest BCUT2D eigenvalue weighted by Crippen LogP contribution is 2.39. The third-order valence-corrected chi connectivity index (χ3v) is 5.03. The summed E-state index contributed by atoms with van der Waals surface area (Å²) in [5, 5.41) is 4.94. The average Bonchev–Trinajstić information content (AvgIpc) is 2.79. The number of aromatic nitrogens is 2. The number of halogens is 1. The van der Waals surface area contributed by atoms with Crippen molar-refractivity contribution >= 4 is 11.6 Å². The fourth-order valence-corrected chi connectivity index (χ4v) is 3.79. The van der Waals surface area contributed by atoms with Crippen LogP contribution in [-0.4, -0.2) is 9.78 Å². The molecule has 0 spiro atoms. The van der Waals surface area contributed by atoms with Gasteiger partial charge < -0.3 is 0 Å². The molecule has 2 rings (SSSR count). The first-order chi connectivity index (χ1) is 9.67. The van der Waals surface area contributed by atoms with Gasteiger partial charge in [0.25, 0.3) is 0 Å². The van der Waals surface area contributed by atoms with Gasteiger partial charge in [-0.15, -0.1) is 0 Å². The van der Waals surface area contributed by atoms with E-state index >= 15 is 0 Å². The predicted molar refractivity (Wildman–Crippen MR) is 83.3 cm³/mol. The predicted octanol–water partition coefficient (Wildman–Crippen LogP) is 3.57. The van der Waals surface area contributed by atoms with Gasteiger partial charge in [0.2, 0.25) is 0 Å². The van der Waals surface area contributed by atoms with Gasteiger partial charge in [-0.05, 0) is 24.7 Å². The quantitative estimate of drug-likeness (QED) is 0.623. The van der Waals surface area contributed by atoms with Gasteiger partial charge in [-0.2, -0.15) is 5.10 Å². The van der Waals surface area contributed by atoms with Crippen LogP contribution >= 0.6 is 11.6 Å². The molecule has 1 unspecified atom stereocenters. The molecule has 0 bridgehead atoms. The van der Waals surface area contributed by atoms with Crippen LogP contribution in [0.3, 0.4) is 0 Å². The Balaban J connectivity index is 1.97. The van der Waals surface area contributed by atoms with E-state index in [9.17, 15) is 0 Å². The molecule has 114 valence electrons. The first kappa shape index (κ1) is 15.8. The van der Waals surface area contributed by atoms with E-state index in [-0.39, 0.29) is 6.04 Å². The van der Waals surface area contributed by atoms with Crippen LogP contribution in [-0.2, 0) is 7.05 Å². The summed E-state index contributed by atoms with van der Waals surface area (Å²) < 4.78 is 1.84. The Morgan fingerprint density at radius 3 is 2.65 bits per heavy atom. The number of hydrogen-bond donors (Lipinski definition) is 2. The summed E-state index contributed by atoms with van der Waals surface area (Å²) in [5.74, 6) is 7.27. The third kappa shape index (κ3) is 3.54. The lowest BCUT2D eigenvalue weighted by atomic mass is 9.76. The van der Waals surface area contributed by atoms with Crippen molar-refractivity contribution in [3.05, 3.63) is 16.9 Å². The molecular formula is C15H27ClN4. The second-order valence-electron chi connectivity index (χ2n) is 6.07. The van der Waals surface area contributed by atoms with Crippen molar-refractivity contribution in [1.29, 1.82) is 0 Å².